The monoisotopic (exact) mass is 214 g/mol. The molecule has 0 aliphatic carbocycles. The van der Waals surface area contributed by atoms with E-state index in [9.17, 15) is 4.79 Å². The van der Waals surface area contributed by atoms with Crippen molar-refractivity contribution in [2.75, 3.05) is 6.54 Å². The van der Waals surface area contributed by atoms with Crippen LogP contribution >= 0.6 is 15.9 Å². The molecule has 1 aromatic rings. The molecule has 0 aromatic carbocycles. The largest absolute Gasteiger partial charge is 0.363 e. The Hall–Kier alpha value is -0.770. The Morgan fingerprint density at radius 1 is 1.55 bits per heavy atom. The summed E-state index contributed by atoms with van der Waals surface area (Å²) in [6.07, 6.45) is 2.70. The van der Waals surface area contributed by atoms with Gasteiger partial charge in [-0.3, -0.25) is 4.79 Å². The Kier molecular flexibility index (Phi) is 1.49. The lowest BCUT2D eigenvalue weighted by atomic mass is 10.1. The van der Waals surface area contributed by atoms with Gasteiger partial charge in [-0.1, -0.05) is 0 Å². The Bertz CT molecular complexity index is 305. The van der Waals surface area contributed by atoms with Crippen molar-refractivity contribution in [3.8, 4) is 0 Å². The summed E-state index contributed by atoms with van der Waals surface area (Å²) in [5.41, 5.74) is 1.79. The van der Waals surface area contributed by atoms with E-state index in [2.05, 4.69) is 26.2 Å². The molecule has 0 saturated heterocycles. The van der Waals surface area contributed by atoms with E-state index < -0.39 is 0 Å². The first-order chi connectivity index (χ1) is 5.29. The van der Waals surface area contributed by atoms with Crippen molar-refractivity contribution in [2.45, 2.75) is 6.42 Å². The third-order valence-electron chi connectivity index (χ3n) is 1.80. The number of hydrogen-bond acceptors (Lipinski definition) is 1. The van der Waals surface area contributed by atoms with Gasteiger partial charge in [0.05, 0.1) is 5.56 Å². The molecule has 1 aromatic heterocycles. The summed E-state index contributed by atoms with van der Waals surface area (Å²) in [5.74, 6) is 0.0133. The zero-order chi connectivity index (χ0) is 7.84. The lowest BCUT2D eigenvalue weighted by molar-refractivity contribution is 0.0945. The van der Waals surface area contributed by atoms with Gasteiger partial charge in [0, 0.05) is 29.3 Å². The van der Waals surface area contributed by atoms with Crippen molar-refractivity contribution < 1.29 is 4.79 Å². The second kappa shape index (κ2) is 2.37. The van der Waals surface area contributed by atoms with E-state index in [4.69, 9.17) is 0 Å². The molecular formula is C7H7BrN2O. The maximum Gasteiger partial charge on any atom is 0.254 e. The molecular weight excluding hydrogens is 208 g/mol. The molecule has 1 aliphatic heterocycles. The molecule has 0 atom stereocenters. The second-order valence-corrected chi connectivity index (χ2v) is 3.35. The highest BCUT2D eigenvalue weighted by molar-refractivity contribution is 9.10. The quantitative estimate of drug-likeness (QED) is 0.667. The van der Waals surface area contributed by atoms with Gasteiger partial charge >= 0.3 is 0 Å². The minimum Gasteiger partial charge on any atom is -0.363 e. The van der Waals surface area contributed by atoms with Crippen LogP contribution in [0.15, 0.2) is 10.7 Å². The van der Waals surface area contributed by atoms with E-state index in [0.717, 1.165) is 28.7 Å². The number of rotatable bonds is 0. The summed E-state index contributed by atoms with van der Waals surface area (Å²) >= 11 is 3.30. The van der Waals surface area contributed by atoms with E-state index in [1.807, 2.05) is 0 Å². The predicted octanol–water partition coefficient (Wildman–Crippen LogP) is 1.06. The average molecular weight is 215 g/mol. The third-order valence-corrected chi connectivity index (χ3v) is 2.43. The summed E-state index contributed by atoms with van der Waals surface area (Å²) in [7, 11) is 0. The first kappa shape index (κ1) is 6.91. The van der Waals surface area contributed by atoms with Crippen molar-refractivity contribution in [3.63, 3.8) is 0 Å². The van der Waals surface area contributed by atoms with Gasteiger partial charge in [0.2, 0.25) is 0 Å². The van der Waals surface area contributed by atoms with Crippen molar-refractivity contribution in [3.05, 3.63) is 21.9 Å². The van der Waals surface area contributed by atoms with Crippen molar-refractivity contribution in [1.82, 2.24) is 10.3 Å². The van der Waals surface area contributed by atoms with Crippen molar-refractivity contribution >= 4 is 21.8 Å². The number of hydrogen-bond donors (Lipinski definition) is 2. The molecule has 2 rings (SSSR count). The molecule has 11 heavy (non-hydrogen) atoms. The van der Waals surface area contributed by atoms with Crippen molar-refractivity contribution in [2.24, 2.45) is 0 Å². The van der Waals surface area contributed by atoms with Crippen LogP contribution in [0.3, 0.4) is 0 Å². The minimum atomic E-state index is 0.0133. The number of aromatic amines is 1. The normalized spacial score (nSPS) is 15.9. The fourth-order valence-corrected chi connectivity index (χ4v) is 1.80. The Balaban J connectivity index is 2.56. The molecule has 4 heteroatoms. The highest BCUT2D eigenvalue weighted by Gasteiger charge is 2.20. The molecule has 58 valence electrons. The number of H-pyrrole nitrogens is 1. The molecule has 2 heterocycles. The number of halogens is 1. The van der Waals surface area contributed by atoms with Gasteiger partial charge in [-0.2, -0.15) is 0 Å². The molecule has 0 saturated carbocycles. The van der Waals surface area contributed by atoms with Gasteiger partial charge in [0.25, 0.3) is 5.91 Å². The number of carbonyl (C=O) groups is 1. The summed E-state index contributed by atoms with van der Waals surface area (Å²) in [4.78, 5) is 14.3. The SMILES string of the molecule is O=C1NCCc2[nH]cc(Br)c21. The van der Waals surface area contributed by atoms with Crippen LogP contribution in [0, 0.1) is 0 Å². The van der Waals surface area contributed by atoms with Gasteiger partial charge in [-0.15, -0.1) is 0 Å². The Morgan fingerprint density at radius 3 is 3.09 bits per heavy atom. The summed E-state index contributed by atoms with van der Waals surface area (Å²) in [6, 6.07) is 0. The van der Waals surface area contributed by atoms with Crippen LogP contribution in [0.1, 0.15) is 16.1 Å². The predicted molar refractivity (Wildman–Crippen MR) is 44.5 cm³/mol. The van der Waals surface area contributed by atoms with E-state index in [1.165, 1.54) is 0 Å². The van der Waals surface area contributed by atoms with Crippen LogP contribution in [-0.4, -0.2) is 17.4 Å². The molecule has 1 aliphatic rings. The van der Waals surface area contributed by atoms with E-state index in [-0.39, 0.29) is 5.91 Å². The Morgan fingerprint density at radius 2 is 2.36 bits per heavy atom. The summed E-state index contributed by atoms with van der Waals surface area (Å²) < 4.78 is 0.852. The van der Waals surface area contributed by atoms with E-state index in [1.54, 1.807) is 6.20 Å². The topological polar surface area (TPSA) is 44.9 Å². The summed E-state index contributed by atoms with van der Waals surface area (Å²) in [6.45, 7) is 0.735. The zero-order valence-corrected chi connectivity index (χ0v) is 7.36. The van der Waals surface area contributed by atoms with Crippen LogP contribution in [0.25, 0.3) is 0 Å². The van der Waals surface area contributed by atoms with Crippen LogP contribution in [0.2, 0.25) is 0 Å². The van der Waals surface area contributed by atoms with Gasteiger partial charge in [0.15, 0.2) is 0 Å². The summed E-state index contributed by atoms with van der Waals surface area (Å²) in [5, 5.41) is 2.78. The molecule has 2 N–H and O–H groups in total. The molecule has 0 spiro atoms. The Labute approximate surface area is 72.3 Å². The fraction of sp³-hybridized carbons (Fsp3) is 0.286. The van der Waals surface area contributed by atoms with Crippen LogP contribution in [0.5, 0.6) is 0 Å². The third kappa shape index (κ3) is 0.976. The number of amides is 1. The molecule has 3 nitrogen and oxygen atoms in total. The first-order valence-corrected chi connectivity index (χ1v) is 4.22. The number of aromatic nitrogens is 1. The fourth-order valence-electron chi connectivity index (χ4n) is 1.27. The highest BCUT2D eigenvalue weighted by Crippen LogP contribution is 2.22. The molecule has 1 amide bonds. The maximum atomic E-state index is 11.2. The average Bonchev–Trinajstić information content (AvgIpc) is 2.34. The van der Waals surface area contributed by atoms with E-state index >= 15 is 0 Å². The molecule has 0 bridgehead atoms. The molecule has 0 fully saturated rings. The number of carbonyl (C=O) groups excluding carboxylic acids is 1. The van der Waals surface area contributed by atoms with Crippen molar-refractivity contribution in [1.29, 1.82) is 0 Å². The second-order valence-electron chi connectivity index (χ2n) is 2.50. The van der Waals surface area contributed by atoms with Gasteiger partial charge < -0.3 is 10.3 Å². The van der Waals surface area contributed by atoms with Gasteiger partial charge in [-0.05, 0) is 15.9 Å². The molecule has 0 radical (unpaired) electrons. The number of nitrogens with one attached hydrogen (secondary N) is 2. The van der Waals surface area contributed by atoms with Gasteiger partial charge in [-0.25, -0.2) is 0 Å². The lowest BCUT2D eigenvalue weighted by Gasteiger charge is -2.11. The van der Waals surface area contributed by atoms with Crippen LogP contribution in [0.4, 0.5) is 0 Å². The molecule has 0 unspecified atom stereocenters. The lowest BCUT2D eigenvalue weighted by Crippen LogP contribution is -2.31. The van der Waals surface area contributed by atoms with Crippen LogP contribution in [-0.2, 0) is 6.42 Å². The van der Waals surface area contributed by atoms with Gasteiger partial charge in [0.1, 0.15) is 0 Å². The standard InChI is InChI=1S/C7H7BrN2O/c8-4-3-10-5-1-2-9-7(11)6(4)5/h3,10H,1-2H2,(H,9,11). The maximum absolute atomic E-state index is 11.2. The minimum absolute atomic E-state index is 0.0133. The smallest absolute Gasteiger partial charge is 0.254 e. The van der Waals surface area contributed by atoms with Crippen LogP contribution < -0.4 is 5.32 Å². The van der Waals surface area contributed by atoms with E-state index in [0.29, 0.717) is 0 Å². The zero-order valence-electron chi connectivity index (χ0n) is 5.78. The number of fused-ring (bicyclic) bond motifs is 1. The highest BCUT2D eigenvalue weighted by atomic mass is 79.9. The first-order valence-electron chi connectivity index (χ1n) is 3.43.